The molecular formula is C70H68N2. The van der Waals surface area contributed by atoms with Gasteiger partial charge >= 0.3 is 0 Å². The maximum Gasteiger partial charge on any atom is 0.0726 e. The predicted molar refractivity (Wildman–Crippen MR) is 315 cm³/mol. The van der Waals surface area contributed by atoms with E-state index in [9.17, 15) is 0 Å². The first-order valence-electron chi connectivity index (χ1n) is 26.2. The van der Waals surface area contributed by atoms with Crippen LogP contribution in [0.25, 0.3) is 60.7 Å². The van der Waals surface area contributed by atoms with Gasteiger partial charge in [0.1, 0.15) is 0 Å². The average molecular weight is 937 g/mol. The van der Waals surface area contributed by atoms with Crippen molar-refractivity contribution in [3.63, 3.8) is 0 Å². The number of benzene rings is 5. The molecule has 0 saturated carbocycles. The molecule has 0 bridgehead atoms. The first kappa shape index (κ1) is 48.1. The van der Waals surface area contributed by atoms with Crippen molar-refractivity contribution in [2.45, 2.75) is 91.9 Å². The standard InChI is InChI=1S/C64H58N2.C6H10/c1-8-18-54-55-33-29-47(39-59(55)64(6,7)58(54)9-2)57-38-46(28-27-40(57)3)53-25-17-26-56-62-52-24-16-13-21-44(52)31-34-61(62)66(63(53)56)41(4)35-60(65-42(5)43-19-11-10-12-20-43)48-30-32-51-49(37-48)36-45-22-14-15-23-50(45)51;1-3-5-6-4-2/h8-9,11,13,15-21,23-35,37-40,57H,2,4,10,12,14,22,36H2,1,3,5-7H3;3-6H,1-2H3/b18-8-,60-35-,65-42?;5-3-,6-4-. The smallest absolute Gasteiger partial charge is 0.0726 e. The molecule has 0 spiro atoms. The Morgan fingerprint density at radius 2 is 1.58 bits per heavy atom. The van der Waals surface area contributed by atoms with Gasteiger partial charge in [-0.3, -0.25) is 4.99 Å². The summed E-state index contributed by atoms with van der Waals surface area (Å²) >= 11 is 0. The average Bonchev–Trinajstić information content (AvgIpc) is 4.03. The molecule has 5 aliphatic carbocycles. The number of hydrogen-bond donors (Lipinski definition) is 0. The normalized spacial score (nSPS) is 19.4. The van der Waals surface area contributed by atoms with Gasteiger partial charge in [-0.15, -0.1) is 0 Å². The van der Waals surface area contributed by atoms with Crippen LogP contribution < -0.4 is 0 Å². The molecule has 2 nitrogen and oxygen atoms in total. The molecule has 0 amide bonds. The summed E-state index contributed by atoms with van der Waals surface area (Å²) < 4.78 is 2.42. The molecule has 0 fully saturated rings. The lowest BCUT2D eigenvalue weighted by Crippen LogP contribution is -2.17. The summed E-state index contributed by atoms with van der Waals surface area (Å²) in [6.07, 6.45) is 40.8. The third-order valence-corrected chi connectivity index (χ3v) is 15.5. The Balaban J connectivity index is 0.000000938. The summed E-state index contributed by atoms with van der Waals surface area (Å²) in [7, 11) is 0. The number of fused-ring (bicyclic) bond motifs is 8. The first-order valence-corrected chi connectivity index (χ1v) is 26.2. The fraction of sp³-hybridized carbons (Fsp3) is 0.214. The van der Waals surface area contributed by atoms with E-state index in [1.54, 1.807) is 5.57 Å². The zero-order chi connectivity index (χ0) is 50.1. The van der Waals surface area contributed by atoms with Gasteiger partial charge < -0.3 is 4.57 Å². The van der Waals surface area contributed by atoms with Crippen LogP contribution in [-0.2, 0) is 11.8 Å². The SMILES string of the molecule is C/C=C\C=C/C.C=CC1=C(/C=C\C)c2ccc(C3C=C(c4cccc5c6c7ccccc7ccc6n(C(=C)/C=C(\N=C(C)C6=CCCC=C6)c6ccc7c(c6)CC6=C7C=CCC6)c45)C=CC3C)cc2C1(C)C. The third kappa shape index (κ3) is 8.72. The number of aliphatic imine (C=N–C) groups is 1. The first-order chi connectivity index (χ1) is 35.1. The van der Waals surface area contributed by atoms with E-state index >= 15 is 0 Å². The number of hydrogen-bond acceptors (Lipinski definition) is 1. The number of allylic oxidation sites excluding steroid dienone is 23. The lowest BCUT2D eigenvalue weighted by atomic mass is 9.76. The van der Waals surface area contributed by atoms with Crippen molar-refractivity contribution in [3.8, 4) is 0 Å². The number of nitrogens with zero attached hydrogens (tertiary/aromatic N) is 2. The Morgan fingerprint density at radius 1 is 0.792 bits per heavy atom. The maximum atomic E-state index is 5.49. The monoisotopic (exact) mass is 937 g/mol. The summed E-state index contributed by atoms with van der Waals surface area (Å²) in [5, 5.41) is 4.94. The molecule has 0 radical (unpaired) electrons. The third-order valence-electron chi connectivity index (χ3n) is 15.5. The van der Waals surface area contributed by atoms with Crippen LogP contribution in [0.15, 0.2) is 223 Å². The molecule has 358 valence electrons. The molecule has 6 aromatic rings. The van der Waals surface area contributed by atoms with E-state index in [-0.39, 0.29) is 11.3 Å². The lowest BCUT2D eigenvalue weighted by molar-refractivity contribution is 0.626. The molecule has 1 aromatic heterocycles. The van der Waals surface area contributed by atoms with Crippen LogP contribution in [0.4, 0.5) is 0 Å². The van der Waals surface area contributed by atoms with Gasteiger partial charge in [-0.2, -0.15) is 0 Å². The van der Waals surface area contributed by atoms with E-state index in [1.165, 1.54) is 82.8 Å². The molecule has 72 heavy (non-hydrogen) atoms. The number of rotatable bonds is 10. The number of aromatic nitrogens is 1. The topological polar surface area (TPSA) is 17.3 Å². The van der Waals surface area contributed by atoms with Crippen molar-refractivity contribution in [3.05, 3.63) is 257 Å². The molecular weight excluding hydrogens is 869 g/mol. The van der Waals surface area contributed by atoms with Gasteiger partial charge in [-0.05, 0) is 150 Å². The van der Waals surface area contributed by atoms with Gasteiger partial charge in [0.2, 0.25) is 0 Å². The molecule has 0 N–H and O–H groups in total. The predicted octanol–water partition coefficient (Wildman–Crippen LogP) is 19.2. The summed E-state index contributed by atoms with van der Waals surface area (Å²) in [5.41, 5.74) is 22.0. The van der Waals surface area contributed by atoms with E-state index in [4.69, 9.17) is 11.6 Å². The van der Waals surface area contributed by atoms with Crippen molar-refractivity contribution in [1.82, 2.24) is 4.57 Å². The summed E-state index contributed by atoms with van der Waals surface area (Å²) in [4.78, 5) is 5.49. The van der Waals surface area contributed by atoms with Gasteiger partial charge in [-0.1, -0.05) is 210 Å². The Kier molecular flexibility index (Phi) is 13.5. The quantitative estimate of drug-likeness (QED) is 0.0962. The molecule has 0 aliphatic heterocycles. The van der Waals surface area contributed by atoms with E-state index in [1.807, 2.05) is 38.2 Å². The van der Waals surface area contributed by atoms with Crippen LogP contribution >= 0.6 is 0 Å². The van der Waals surface area contributed by atoms with Crippen LogP contribution in [0.2, 0.25) is 0 Å². The minimum atomic E-state index is -0.135. The molecule has 11 rings (SSSR count). The van der Waals surface area contributed by atoms with Gasteiger partial charge in [0.15, 0.2) is 0 Å². The molecule has 5 aromatic carbocycles. The molecule has 2 atom stereocenters. The highest BCUT2D eigenvalue weighted by atomic mass is 15.0. The van der Waals surface area contributed by atoms with Gasteiger partial charge in [0.25, 0.3) is 0 Å². The zero-order valence-electron chi connectivity index (χ0n) is 43.4. The molecule has 1 heterocycles. The van der Waals surface area contributed by atoms with Gasteiger partial charge in [0.05, 0.1) is 16.7 Å². The fourth-order valence-corrected chi connectivity index (χ4v) is 11.9. The highest BCUT2D eigenvalue weighted by Gasteiger charge is 2.36. The van der Waals surface area contributed by atoms with Crippen molar-refractivity contribution < 1.29 is 0 Å². The van der Waals surface area contributed by atoms with Crippen molar-refractivity contribution >= 4 is 66.4 Å². The Hall–Kier alpha value is -7.55. The highest BCUT2D eigenvalue weighted by Crippen LogP contribution is 2.50. The minimum Gasteiger partial charge on any atom is -0.309 e. The molecule has 2 heteroatoms. The molecule has 2 unspecified atom stereocenters. The van der Waals surface area contributed by atoms with Crippen LogP contribution in [0.5, 0.6) is 0 Å². The second-order valence-corrected chi connectivity index (χ2v) is 20.5. The Labute approximate surface area is 428 Å². The largest absolute Gasteiger partial charge is 0.309 e. The number of para-hydroxylation sites is 1. The second kappa shape index (κ2) is 20.3. The van der Waals surface area contributed by atoms with E-state index in [0.29, 0.717) is 5.92 Å². The van der Waals surface area contributed by atoms with Crippen molar-refractivity contribution in [2.24, 2.45) is 10.9 Å². The minimum absolute atomic E-state index is 0.135. The van der Waals surface area contributed by atoms with E-state index in [2.05, 4.69) is 210 Å². The highest BCUT2D eigenvalue weighted by molar-refractivity contribution is 6.23. The zero-order valence-corrected chi connectivity index (χ0v) is 43.4. The summed E-state index contributed by atoms with van der Waals surface area (Å²) in [5.74, 6) is 0.524. The van der Waals surface area contributed by atoms with E-state index < -0.39 is 0 Å². The van der Waals surface area contributed by atoms with Gasteiger partial charge in [-0.25, -0.2) is 0 Å². The molecule has 0 saturated heterocycles. The van der Waals surface area contributed by atoms with Crippen LogP contribution in [-0.4, -0.2) is 10.3 Å². The Morgan fingerprint density at radius 3 is 2.36 bits per heavy atom. The van der Waals surface area contributed by atoms with Crippen molar-refractivity contribution in [1.29, 1.82) is 0 Å². The van der Waals surface area contributed by atoms with Crippen molar-refractivity contribution in [2.75, 3.05) is 0 Å². The van der Waals surface area contributed by atoms with Crippen LogP contribution in [0, 0.1) is 5.92 Å². The summed E-state index contributed by atoms with van der Waals surface area (Å²) in [6.45, 7) is 24.5. The maximum absolute atomic E-state index is 5.49. The summed E-state index contributed by atoms with van der Waals surface area (Å²) in [6, 6.07) is 34.4. The van der Waals surface area contributed by atoms with E-state index in [0.717, 1.165) is 65.8 Å². The molecule has 5 aliphatic rings. The van der Waals surface area contributed by atoms with Crippen LogP contribution in [0.1, 0.15) is 119 Å². The van der Waals surface area contributed by atoms with Gasteiger partial charge in [0, 0.05) is 44.6 Å². The Bertz CT molecular complexity index is 3590. The second-order valence-electron chi connectivity index (χ2n) is 20.5. The fourth-order valence-electron chi connectivity index (χ4n) is 11.9. The van der Waals surface area contributed by atoms with Crippen LogP contribution in [0.3, 0.4) is 0 Å². The lowest BCUT2D eigenvalue weighted by Gasteiger charge is -2.27.